The fraction of sp³-hybridized carbons (Fsp3) is 0.444. The van der Waals surface area contributed by atoms with Crippen LogP contribution < -0.4 is 0 Å². The second-order valence-corrected chi connectivity index (χ2v) is 24.2. The molecule has 0 saturated carbocycles. The second-order valence-electron chi connectivity index (χ2n) is 13.4. The number of hydrogen-bond donors (Lipinski definition) is 0. The molecule has 4 rings (SSSR count). The van der Waals surface area contributed by atoms with Crippen LogP contribution in [0.15, 0.2) is 71.8 Å². The molecule has 0 heterocycles. The maximum absolute atomic E-state index is 2.82. The third-order valence-corrected chi connectivity index (χ3v) is 25.7. The van der Waals surface area contributed by atoms with Crippen LogP contribution in [0.25, 0.3) is 11.1 Å². The molecule has 0 amide bonds. The van der Waals surface area contributed by atoms with Gasteiger partial charge in [-0.15, -0.1) is 0 Å². The van der Waals surface area contributed by atoms with E-state index in [0.29, 0.717) is 11.8 Å². The van der Waals surface area contributed by atoms with E-state index in [1.807, 2.05) is 0 Å². The fourth-order valence-electron chi connectivity index (χ4n) is 8.57. The molecule has 2 aromatic rings. The molecule has 3 heteroatoms. The smallest absolute Gasteiger partial charge is 0.0727 e. The third kappa shape index (κ3) is 4.53. The third-order valence-electron chi connectivity index (χ3n) is 11.0. The van der Waals surface area contributed by atoms with Crippen molar-refractivity contribution in [3.8, 4) is 0 Å². The highest BCUT2D eigenvalue weighted by molar-refractivity contribution is 6.97. The molecule has 2 aliphatic carbocycles. The van der Waals surface area contributed by atoms with E-state index in [9.17, 15) is 0 Å². The van der Waals surface area contributed by atoms with Crippen LogP contribution in [0.1, 0.15) is 74.9 Å². The summed E-state index contributed by atoms with van der Waals surface area (Å²) in [5.74, 6) is 1.12. The molecule has 0 spiro atoms. The molecule has 0 fully saturated rings. The van der Waals surface area contributed by atoms with Gasteiger partial charge < -0.3 is 0 Å². The summed E-state index contributed by atoms with van der Waals surface area (Å²) in [5, 5.41) is 0. The van der Waals surface area contributed by atoms with Crippen LogP contribution in [0, 0.1) is 39.5 Å². The predicted octanol–water partition coefficient (Wildman–Crippen LogP) is 8.19. The SMILES string of the molecule is CC[Si](CC)(C1([SiH3])C=C(c2cccc(C)c2C)C=C1C(C)C)C1([SiH3])C=C(c2cccc(C)c2C)C=C1C(C)C. The van der Waals surface area contributed by atoms with Gasteiger partial charge in [0.2, 0.25) is 0 Å². The van der Waals surface area contributed by atoms with Gasteiger partial charge in [-0.1, -0.05) is 125 Å². The zero-order valence-electron chi connectivity index (χ0n) is 26.8. The van der Waals surface area contributed by atoms with Gasteiger partial charge in [-0.25, -0.2) is 0 Å². The van der Waals surface area contributed by atoms with Crippen molar-refractivity contribution in [2.24, 2.45) is 11.8 Å². The van der Waals surface area contributed by atoms with E-state index in [2.05, 4.69) is 130 Å². The molecule has 2 aromatic carbocycles. The lowest BCUT2D eigenvalue weighted by atomic mass is 9.97. The lowest BCUT2D eigenvalue weighted by Gasteiger charge is -2.56. The maximum Gasteiger partial charge on any atom is 0.0746 e. The molecular formula is C36H52Si3. The average Bonchev–Trinajstić information content (AvgIpc) is 3.42. The first-order valence-corrected chi connectivity index (χ1v) is 19.7. The van der Waals surface area contributed by atoms with Gasteiger partial charge in [0, 0.05) is 20.5 Å². The van der Waals surface area contributed by atoms with Gasteiger partial charge in [0.05, 0.1) is 8.07 Å². The van der Waals surface area contributed by atoms with Crippen molar-refractivity contribution in [2.45, 2.75) is 90.6 Å². The quantitative estimate of drug-likeness (QED) is 0.282. The summed E-state index contributed by atoms with van der Waals surface area (Å²) < 4.78 is 0.499. The normalized spacial score (nSPS) is 23.5. The molecule has 0 nitrogen and oxygen atoms in total. The van der Waals surface area contributed by atoms with Crippen LogP contribution in [-0.2, 0) is 0 Å². The minimum atomic E-state index is -1.95. The first kappa shape index (κ1) is 30.0. The Morgan fingerprint density at radius 3 is 1.31 bits per heavy atom. The van der Waals surface area contributed by atoms with Crippen molar-refractivity contribution in [1.29, 1.82) is 0 Å². The standard InChI is InChI=1S/C36H52Si3/c1-11-39(12-2,35(37)21-29(19-33(35)23(3)4)31-17-13-15-25(7)27(31)9)36(38)22-30(20-34(36)24(5)6)32-18-14-16-26(8)28(32)10/h13-24H,11-12H2,1-10,37-38H3. The molecule has 0 bridgehead atoms. The number of benzene rings is 2. The molecule has 2 atom stereocenters. The van der Waals surface area contributed by atoms with Gasteiger partial charge >= 0.3 is 0 Å². The summed E-state index contributed by atoms with van der Waals surface area (Å²) in [6, 6.07) is 16.4. The molecule has 0 aromatic heterocycles. The maximum atomic E-state index is 2.82. The fourth-order valence-corrected chi connectivity index (χ4v) is 26.7. The minimum Gasteiger partial charge on any atom is -0.0727 e. The molecular weight excluding hydrogens is 517 g/mol. The molecule has 0 aliphatic heterocycles. The largest absolute Gasteiger partial charge is 0.0746 e. The monoisotopic (exact) mass is 568 g/mol. The van der Waals surface area contributed by atoms with Crippen LogP contribution in [-0.4, -0.2) is 28.6 Å². The first-order valence-electron chi connectivity index (χ1n) is 15.3. The highest BCUT2D eigenvalue weighted by Crippen LogP contribution is 2.67. The Morgan fingerprint density at radius 2 is 1.00 bits per heavy atom. The molecule has 0 radical (unpaired) electrons. The van der Waals surface area contributed by atoms with Crippen molar-refractivity contribution in [3.05, 3.63) is 105 Å². The van der Waals surface area contributed by atoms with E-state index < -0.39 is 8.07 Å². The predicted molar refractivity (Wildman–Crippen MR) is 186 cm³/mol. The Balaban J connectivity index is 2.00. The van der Waals surface area contributed by atoms with Gasteiger partial charge in [-0.2, -0.15) is 0 Å². The van der Waals surface area contributed by atoms with Gasteiger partial charge in [-0.3, -0.25) is 0 Å². The lowest BCUT2D eigenvalue weighted by molar-refractivity contribution is 0.689. The summed E-state index contributed by atoms with van der Waals surface area (Å²) in [6.45, 7) is 24.1. The van der Waals surface area contributed by atoms with Crippen LogP contribution in [0.5, 0.6) is 0 Å². The van der Waals surface area contributed by atoms with E-state index in [-0.39, 0.29) is 9.32 Å². The van der Waals surface area contributed by atoms with Gasteiger partial charge in [0.15, 0.2) is 0 Å². The Bertz CT molecular complexity index is 1290. The van der Waals surface area contributed by atoms with Crippen molar-refractivity contribution in [3.63, 3.8) is 0 Å². The summed E-state index contributed by atoms with van der Waals surface area (Å²) in [5.41, 5.74) is 15.0. The van der Waals surface area contributed by atoms with Crippen LogP contribution in [0.4, 0.5) is 0 Å². The van der Waals surface area contributed by atoms with Crippen molar-refractivity contribution < 1.29 is 0 Å². The molecule has 2 aliphatic rings. The van der Waals surface area contributed by atoms with Crippen LogP contribution >= 0.6 is 0 Å². The Labute approximate surface area is 246 Å². The van der Waals surface area contributed by atoms with Crippen molar-refractivity contribution in [1.82, 2.24) is 0 Å². The minimum absolute atomic E-state index is 0.250. The molecule has 0 N–H and O–H groups in total. The number of rotatable bonds is 8. The van der Waals surface area contributed by atoms with Gasteiger partial charge in [0.25, 0.3) is 0 Å². The summed E-state index contributed by atoms with van der Waals surface area (Å²) in [4.78, 5) is 0. The van der Waals surface area contributed by atoms with Crippen molar-refractivity contribution in [2.75, 3.05) is 0 Å². The van der Waals surface area contributed by atoms with Crippen molar-refractivity contribution >= 4 is 39.7 Å². The second kappa shape index (κ2) is 10.8. The number of hydrogen-bond acceptors (Lipinski definition) is 0. The molecule has 2 unspecified atom stereocenters. The topological polar surface area (TPSA) is 0 Å². The number of allylic oxidation sites excluding steroid dienone is 8. The lowest BCUT2D eigenvalue weighted by Crippen LogP contribution is -2.57. The highest BCUT2D eigenvalue weighted by atomic mass is 28.4. The van der Waals surface area contributed by atoms with E-state index in [1.165, 1.54) is 77.1 Å². The van der Waals surface area contributed by atoms with Crippen LogP contribution in [0.3, 0.4) is 0 Å². The van der Waals surface area contributed by atoms with Crippen LogP contribution in [0.2, 0.25) is 21.4 Å². The zero-order chi connectivity index (χ0) is 28.9. The summed E-state index contributed by atoms with van der Waals surface area (Å²) in [6.07, 6.45) is 10.9. The van der Waals surface area contributed by atoms with Gasteiger partial charge in [0.1, 0.15) is 0 Å². The Morgan fingerprint density at radius 1 is 0.641 bits per heavy atom. The van der Waals surface area contributed by atoms with E-state index >= 15 is 0 Å². The van der Waals surface area contributed by atoms with E-state index in [0.717, 1.165) is 0 Å². The Hall–Kier alpha value is -1.95. The molecule has 208 valence electrons. The van der Waals surface area contributed by atoms with E-state index in [4.69, 9.17) is 0 Å². The zero-order valence-corrected chi connectivity index (χ0v) is 31.8. The van der Waals surface area contributed by atoms with E-state index in [1.54, 1.807) is 11.1 Å². The molecule has 0 saturated heterocycles. The highest BCUT2D eigenvalue weighted by Gasteiger charge is 2.61. The Kier molecular flexibility index (Phi) is 8.31. The first-order chi connectivity index (χ1) is 18.3. The summed E-state index contributed by atoms with van der Waals surface area (Å²) in [7, 11) is 0.391. The van der Waals surface area contributed by atoms with Gasteiger partial charge in [-0.05, 0) is 93.4 Å². The average molecular weight is 569 g/mol. The summed E-state index contributed by atoms with van der Waals surface area (Å²) >= 11 is 0. The molecule has 39 heavy (non-hydrogen) atoms. The number of aryl methyl sites for hydroxylation is 2.